The molecule has 0 saturated carbocycles. The van der Waals surface area contributed by atoms with E-state index in [0.29, 0.717) is 45.6 Å². The van der Waals surface area contributed by atoms with Crippen molar-refractivity contribution in [3.05, 3.63) is 35.9 Å². The molecule has 2 aliphatic heterocycles. The molecule has 0 radical (unpaired) electrons. The fraction of sp³-hybridized carbons (Fsp3) is 0.571. The average molecular weight is 371 g/mol. The minimum Gasteiger partial charge on any atom is -0.339 e. The molecule has 0 aliphatic carbocycles. The van der Waals surface area contributed by atoms with Crippen LogP contribution in [0.5, 0.6) is 0 Å². The number of hydrogen-bond acceptors (Lipinski definition) is 3. The van der Waals surface area contributed by atoms with Gasteiger partial charge in [-0.3, -0.25) is 14.4 Å². The van der Waals surface area contributed by atoms with Gasteiger partial charge in [0, 0.05) is 44.7 Å². The zero-order valence-electron chi connectivity index (χ0n) is 16.5. The summed E-state index contributed by atoms with van der Waals surface area (Å²) >= 11 is 0. The molecule has 0 spiro atoms. The van der Waals surface area contributed by atoms with Crippen molar-refractivity contribution in [1.82, 2.24) is 14.7 Å². The first-order valence-electron chi connectivity index (χ1n) is 9.66. The number of amides is 3. The number of carbonyl (C=O) groups is 3. The van der Waals surface area contributed by atoms with E-state index in [0.717, 1.165) is 5.56 Å². The molecule has 2 aliphatic rings. The van der Waals surface area contributed by atoms with Crippen molar-refractivity contribution in [2.45, 2.75) is 39.2 Å². The molecule has 0 bridgehead atoms. The van der Waals surface area contributed by atoms with E-state index >= 15 is 0 Å². The Bertz CT molecular complexity index is 703. The van der Waals surface area contributed by atoms with Crippen molar-refractivity contribution >= 4 is 17.7 Å². The Morgan fingerprint density at radius 1 is 1.00 bits per heavy atom. The van der Waals surface area contributed by atoms with Gasteiger partial charge in [-0.25, -0.2) is 0 Å². The van der Waals surface area contributed by atoms with Crippen molar-refractivity contribution in [1.29, 1.82) is 0 Å². The van der Waals surface area contributed by atoms with Crippen LogP contribution in [-0.4, -0.2) is 70.7 Å². The summed E-state index contributed by atoms with van der Waals surface area (Å²) in [4.78, 5) is 43.0. The molecule has 0 aromatic heterocycles. The molecule has 6 heteroatoms. The molecule has 6 nitrogen and oxygen atoms in total. The van der Waals surface area contributed by atoms with E-state index in [1.807, 2.05) is 60.9 Å². The molecule has 1 aromatic carbocycles. The van der Waals surface area contributed by atoms with Gasteiger partial charge >= 0.3 is 0 Å². The Hall–Kier alpha value is -2.37. The second-order valence-corrected chi connectivity index (χ2v) is 8.44. The maximum absolute atomic E-state index is 12.8. The van der Waals surface area contributed by atoms with Gasteiger partial charge in [0.25, 0.3) is 0 Å². The molecule has 2 fully saturated rings. The lowest BCUT2D eigenvalue weighted by atomic mass is 10.1. The molecule has 2 heterocycles. The first kappa shape index (κ1) is 19.4. The fourth-order valence-electron chi connectivity index (χ4n) is 3.84. The molecule has 146 valence electrons. The normalized spacial score (nSPS) is 20.9. The van der Waals surface area contributed by atoms with E-state index in [1.165, 1.54) is 0 Å². The van der Waals surface area contributed by atoms with E-state index in [1.54, 1.807) is 4.90 Å². The zero-order chi connectivity index (χ0) is 19.6. The van der Waals surface area contributed by atoms with E-state index in [2.05, 4.69) is 0 Å². The van der Waals surface area contributed by atoms with Crippen LogP contribution in [0.15, 0.2) is 30.3 Å². The molecule has 27 heavy (non-hydrogen) atoms. The van der Waals surface area contributed by atoms with Crippen LogP contribution in [0.3, 0.4) is 0 Å². The van der Waals surface area contributed by atoms with Gasteiger partial charge < -0.3 is 14.7 Å². The third-order valence-electron chi connectivity index (χ3n) is 5.43. The SMILES string of the molecule is CC(C)(C)N1CC(C(=O)N2CCN(C(=O)Cc3ccccc3)CC2)CC1=O. The van der Waals surface area contributed by atoms with Crippen molar-refractivity contribution in [3.8, 4) is 0 Å². The molecule has 1 aromatic rings. The highest BCUT2D eigenvalue weighted by Gasteiger charge is 2.41. The minimum atomic E-state index is -0.261. The number of hydrogen-bond donors (Lipinski definition) is 0. The second-order valence-electron chi connectivity index (χ2n) is 8.44. The van der Waals surface area contributed by atoms with Crippen molar-refractivity contribution in [2.75, 3.05) is 32.7 Å². The van der Waals surface area contributed by atoms with Gasteiger partial charge in [0.2, 0.25) is 17.7 Å². The summed E-state index contributed by atoms with van der Waals surface area (Å²) in [5.41, 5.74) is 0.752. The van der Waals surface area contributed by atoms with E-state index in [9.17, 15) is 14.4 Å². The van der Waals surface area contributed by atoms with Crippen LogP contribution in [0, 0.1) is 5.92 Å². The number of benzene rings is 1. The van der Waals surface area contributed by atoms with E-state index in [-0.39, 0.29) is 29.2 Å². The van der Waals surface area contributed by atoms with Gasteiger partial charge in [-0.05, 0) is 26.3 Å². The lowest BCUT2D eigenvalue weighted by molar-refractivity contribution is -0.141. The van der Waals surface area contributed by atoms with Crippen LogP contribution in [0.4, 0.5) is 0 Å². The van der Waals surface area contributed by atoms with Crippen LogP contribution in [0.1, 0.15) is 32.8 Å². The van der Waals surface area contributed by atoms with Gasteiger partial charge in [0.15, 0.2) is 0 Å². The fourth-order valence-corrected chi connectivity index (χ4v) is 3.84. The molecular formula is C21H29N3O3. The molecule has 3 amide bonds. The summed E-state index contributed by atoms with van der Waals surface area (Å²) in [5.74, 6) is -0.0608. The summed E-state index contributed by atoms with van der Waals surface area (Å²) in [5, 5.41) is 0. The van der Waals surface area contributed by atoms with Crippen LogP contribution in [0.2, 0.25) is 0 Å². The minimum absolute atomic E-state index is 0.0465. The third-order valence-corrected chi connectivity index (χ3v) is 5.43. The number of likely N-dealkylation sites (tertiary alicyclic amines) is 1. The van der Waals surface area contributed by atoms with Gasteiger partial charge in [0.1, 0.15) is 0 Å². The Balaban J connectivity index is 1.51. The summed E-state index contributed by atoms with van der Waals surface area (Å²) in [6.07, 6.45) is 0.690. The topological polar surface area (TPSA) is 60.9 Å². The van der Waals surface area contributed by atoms with Crippen molar-refractivity contribution in [2.24, 2.45) is 5.92 Å². The predicted molar refractivity (Wildman–Crippen MR) is 103 cm³/mol. The highest BCUT2D eigenvalue weighted by molar-refractivity contribution is 5.90. The summed E-state index contributed by atoms with van der Waals surface area (Å²) in [7, 11) is 0. The number of piperazine rings is 1. The van der Waals surface area contributed by atoms with Crippen molar-refractivity contribution < 1.29 is 14.4 Å². The number of nitrogens with zero attached hydrogens (tertiary/aromatic N) is 3. The molecule has 2 saturated heterocycles. The van der Waals surface area contributed by atoms with Gasteiger partial charge in [-0.1, -0.05) is 30.3 Å². The molecule has 0 N–H and O–H groups in total. The quantitative estimate of drug-likeness (QED) is 0.810. The lowest BCUT2D eigenvalue weighted by Crippen LogP contribution is -2.52. The van der Waals surface area contributed by atoms with Gasteiger partial charge in [0.05, 0.1) is 12.3 Å². The van der Waals surface area contributed by atoms with E-state index < -0.39 is 0 Å². The number of carbonyl (C=O) groups excluding carboxylic acids is 3. The standard InChI is InChI=1S/C21H29N3O3/c1-21(2,3)24-15-17(14-19(24)26)20(27)23-11-9-22(10-12-23)18(25)13-16-7-5-4-6-8-16/h4-8,17H,9-15H2,1-3H3. The average Bonchev–Trinajstić information content (AvgIpc) is 3.04. The smallest absolute Gasteiger partial charge is 0.228 e. The third kappa shape index (κ3) is 4.49. The highest BCUT2D eigenvalue weighted by atomic mass is 16.2. The Morgan fingerprint density at radius 3 is 2.15 bits per heavy atom. The van der Waals surface area contributed by atoms with Crippen LogP contribution in [-0.2, 0) is 20.8 Å². The zero-order valence-corrected chi connectivity index (χ0v) is 16.5. The van der Waals surface area contributed by atoms with Gasteiger partial charge in [-0.2, -0.15) is 0 Å². The first-order chi connectivity index (χ1) is 12.8. The monoisotopic (exact) mass is 371 g/mol. The van der Waals surface area contributed by atoms with Crippen LogP contribution >= 0.6 is 0 Å². The maximum Gasteiger partial charge on any atom is 0.228 e. The van der Waals surface area contributed by atoms with E-state index in [4.69, 9.17) is 0 Å². The Morgan fingerprint density at radius 2 is 1.59 bits per heavy atom. The summed E-state index contributed by atoms with van der Waals surface area (Å²) in [6, 6.07) is 9.71. The Labute approximate surface area is 161 Å². The number of rotatable bonds is 3. The predicted octanol–water partition coefficient (Wildman–Crippen LogP) is 1.55. The summed E-state index contributed by atoms with van der Waals surface area (Å²) in [6.45, 7) is 8.67. The second kappa shape index (κ2) is 7.71. The van der Waals surface area contributed by atoms with Crippen LogP contribution < -0.4 is 0 Å². The molecule has 1 atom stereocenters. The summed E-state index contributed by atoms with van der Waals surface area (Å²) < 4.78 is 0. The molecule has 1 unspecified atom stereocenters. The largest absolute Gasteiger partial charge is 0.339 e. The molecular weight excluding hydrogens is 342 g/mol. The highest BCUT2D eigenvalue weighted by Crippen LogP contribution is 2.27. The van der Waals surface area contributed by atoms with Gasteiger partial charge in [-0.15, -0.1) is 0 Å². The van der Waals surface area contributed by atoms with Crippen LogP contribution in [0.25, 0.3) is 0 Å². The lowest BCUT2D eigenvalue weighted by Gasteiger charge is -2.36. The maximum atomic E-state index is 12.8. The first-order valence-corrected chi connectivity index (χ1v) is 9.66. The molecule has 3 rings (SSSR count). The Kier molecular flexibility index (Phi) is 5.53. The van der Waals surface area contributed by atoms with Crippen molar-refractivity contribution in [3.63, 3.8) is 0 Å².